The van der Waals surface area contributed by atoms with Crippen LogP contribution in [-0.4, -0.2) is 46.1 Å². The summed E-state index contributed by atoms with van der Waals surface area (Å²) in [4.78, 5) is 17.3. The maximum Gasteiger partial charge on any atom is 0.331 e. The van der Waals surface area contributed by atoms with Crippen LogP contribution >= 0.6 is 12.2 Å². The molecular weight excluding hydrogens is 332 g/mol. The standard InChI is InChI=1S/C20H28N2O2S/c1-3-21-17(15-11-7-5-8-12-15)18(19(23)24-4-2)22(20(21)25)16-13-9-6-10-14-16/h5,7-8,11-12,16-18H,3-4,6,9-10,13-14H2,1-2H3/t17-,18+/m1/s1. The quantitative estimate of drug-likeness (QED) is 0.587. The molecule has 136 valence electrons. The number of likely N-dealkylation sites (N-methyl/N-ethyl adjacent to an activating group) is 1. The molecule has 0 N–H and O–H groups in total. The van der Waals surface area contributed by atoms with E-state index in [1.54, 1.807) is 0 Å². The summed E-state index contributed by atoms with van der Waals surface area (Å²) >= 11 is 5.84. The Labute approximate surface area is 156 Å². The zero-order chi connectivity index (χ0) is 17.8. The van der Waals surface area contributed by atoms with Crippen molar-refractivity contribution in [2.75, 3.05) is 13.2 Å². The van der Waals surface area contributed by atoms with Gasteiger partial charge in [0.05, 0.1) is 12.6 Å². The molecule has 2 atom stereocenters. The Morgan fingerprint density at radius 3 is 2.44 bits per heavy atom. The largest absolute Gasteiger partial charge is 0.464 e. The third-order valence-electron chi connectivity index (χ3n) is 5.38. The minimum Gasteiger partial charge on any atom is -0.464 e. The Kier molecular flexibility index (Phi) is 5.94. The van der Waals surface area contributed by atoms with Crippen LogP contribution in [0, 0.1) is 0 Å². The fourth-order valence-electron chi connectivity index (χ4n) is 4.27. The lowest BCUT2D eigenvalue weighted by molar-refractivity contribution is -0.149. The number of rotatable bonds is 5. The van der Waals surface area contributed by atoms with E-state index in [4.69, 9.17) is 17.0 Å². The highest BCUT2D eigenvalue weighted by Crippen LogP contribution is 2.40. The van der Waals surface area contributed by atoms with Crippen LogP contribution in [0.1, 0.15) is 57.6 Å². The lowest BCUT2D eigenvalue weighted by Gasteiger charge is -2.35. The summed E-state index contributed by atoms with van der Waals surface area (Å²) in [5, 5.41) is 0.807. The Hall–Kier alpha value is -1.62. The normalized spacial score (nSPS) is 24.6. The Balaban J connectivity index is 2.01. The summed E-state index contributed by atoms with van der Waals surface area (Å²) in [5.41, 5.74) is 1.13. The molecule has 0 spiro atoms. The number of carbonyl (C=O) groups excluding carboxylic acids is 1. The second-order valence-electron chi connectivity index (χ2n) is 6.82. The summed E-state index contributed by atoms with van der Waals surface area (Å²) in [6.45, 7) is 5.16. The fraction of sp³-hybridized carbons (Fsp3) is 0.600. The molecule has 5 heteroatoms. The topological polar surface area (TPSA) is 32.8 Å². The summed E-state index contributed by atoms with van der Waals surface area (Å²) in [7, 11) is 0. The molecule has 0 aromatic heterocycles. The van der Waals surface area contributed by atoms with Gasteiger partial charge in [-0.15, -0.1) is 0 Å². The molecule has 2 fully saturated rings. The van der Waals surface area contributed by atoms with Gasteiger partial charge in [-0.05, 0) is 44.5 Å². The summed E-state index contributed by atoms with van der Waals surface area (Å²) in [6, 6.07) is 10.2. The lowest BCUT2D eigenvalue weighted by Crippen LogP contribution is -2.48. The number of thiocarbonyl (C=S) groups is 1. The molecule has 1 aromatic rings. The minimum absolute atomic E-state index is 0.0697. The lowest BCUT2D eigenvalue weighted by atomic mass is 9.92. The van der Waals surface area contributed by atoms with E-state index in [1.807, 2.05) is 25.1 Å². The van der Waals surface area contributed by atoms with E-state index in [0.717, 1.165) is 30.1 Å². The molecule has 1 heterocycles. The third kappa shape index (κ3) is 3.52. The highest BCUT2D eigenvalue weighted by Gasteiger charge is 2.50. The molecule has 1 aromatic carbocycles. The van der Waals surface area contributed by atoms with Crippen molar-refractivity contribution >= 4 is 23.3 Å². The first-order chi connectivity index (χ1) is 12.2. The molecule has 3 rings (SSSR count). The van der Waals surface area contributed by atoms with Gasteiger partial charge in [0, 0.05) is 12.6 Å². The number of nitrogens with zero attached hydrogens (tertiary/aromatic N) is 2. The van der Waals surface area contributed by atoms with Gasteiger partial charge in [0.1, 0.15) is 0 Å². The van der Waals surface area contributed by atoms with E-state index in [1.165, 1.54) is 19.3 Å². The molecule has 1 aliphatic heterocycles. The SMILES string of the molecule is CCOC(=O)[C@@H]1[C@@H](c2ccccc2)N(CC)C(=S)N1C1CCCCC1. The number of hydrogen-bond acceptors (Lipinski definition) is 3. The van der Waals surface area contributed by atoms with Gasteiger partial charge in [0.25, 0.3) is 0 Å². The van der Waals surface area contributed by atoms with E-state index in [-0.39, 0.29) is 18.1 Å². The van der Waals surface area contributed by atoms with Gasteiger partial charge in [-0.1, -0.05) is 49.6 Å². The second kappa shape index (κ2) is 8.17. The first-order valence-electron chi connectivity index (χ1n) is 9.49. The van der Waals surface area contributed by atoms with Gasteiger partial charge in [0.2, 0.25) is 0 Å². The number of hydrogen-bond donors (Lipinski definition) is 0. The Morgan fingerprint density at radius 2 is 1.84 bits per heavy atom. The van der Waals surface area contributed by atoms with Crippen molar-refractivity contribution in [2.45, 2.75) is 64.1 Å². The van der Waals surface area contributed by atoms with Gasteiger partial charge < -0.3 is 14.5 Å². The molecule has 0 bridgehead atoms. The van der Waals surface area contributed by atoms with E-state index >= 15 is 0 Å². The molecule has 1 aliphatic carbocycles. The van der Waals surface area contributed by atoms with Crippen LogP contribution in [0.5, 0.6) is 0 Å². The molecule has 0 unspecified atom stereocenters. The first kappa shape index (κ1) is 18.2. The maximum atomic E-state index is 12.9. The number of esters is 1. The third-order valence-corrected chi connectivity index (χ3v) is 5.82. The highest BCUT2D eigenvalue weighted by atomic mass is 32.1. The average Bonchev–Trinajstić information content (AvgIpc) is 2.95. The van der Waals surface area contributed by atoms with Crippen molar-refractivity contribution < 1.29 is 9.53 Å². The van der Waals surface area contributed by atoms with Crippen LogP contribution in [0.4, 0.5) is 0 Å². The van der Waals surface area contributed by atoms with E-state index in [9.17, 15) is 4.79 Å². The molecule has 1 saturated carbocycles. The predicted molar refractivity (Wildman–Crippen MR) is 103 cm³/mol. The van der Waals surface area contributed by atoms with E-state index in [0.29, 0.717) is 12.6 Å². The fourth-order valence-corrected chi connectivity index (χ4v) is 4.77. The van der Waals surface area contributed by atoms with Crippen molar-refractivity contribution in [1.29, 1.82) is 0 Å². The molecule has 4 nitrogen and oxygen atoms in total. The van der Waals surface area contributed by atoms with Gasteiger partial charge in [-0.3, -0.25) is 0 Å². The number of carbonyl (C=O) groups is 1. The van der Waals surface area contributed by atoms with Crippen LogP contribution < -0.4 is 0 Å². The van der Waals surface area contributed by atoms with Gasteiger partial charge >= 0.3 is 5.97 Å². The number of ether oxygens (including phenoxy) is 1. The molecule has 0 amide bonds. The van der Waals surface area contributed by atoms with Crippen LogP contribution in [-0.2, 0) is 9.53 Å². The highest BCUT2D eigenvalue weighted by molar-refractivity contribution is 7.80. The molecule has 0 radical (unpaired) electrons. The van der Waals surface area contributed by atoms with Gasteiger partial charge in [-0.2, -0.15) is 0 Å². The van der Waals surface area contributed by atoms with Crippen molar-refractivity contribution in [3.05, 3.63) is 35.9 Å². The van der Waals surface area contributed by atoms with E-state index < -0.39 is 0 Å². The minimum atomic E-state index is -0.349. The molecular formula is C20H28N2O2S. The maximum absolute atomic E-state index is 12.9. The predicted octanol–water partition coefficient (Wildman–Crippen LogP) is 3.91. The van der Waals surface area contributed by atoms with Crippen molar-refractivity contribution in [2.24, 2.45) is 0 Å². The summed E-state index contributed by atoms with van der Waals surface area (Å²) in [5.74, 6) is -0.153. The van der Waals surface area contributed by atoms with Crippen LogP contribution in [0.25, 0.3) is 0 Å². The Bertz CT molecular complexity index is 601. The monoisotopic (exact) mass is 360 g/mol. The van der Waals surface area contributed by atoms with Crippen molar-refractivity contribution in [1.82, 2.24) is 9.80 Å². The van der Waals surface area contributed by atoms with Crippen LogP contribution in [0.15, 0.2) is 30.3 Å². The first-order valence-corrected chi connectivity index (χ1v) is 9.90. The summed E-state index contributed by atoms with van der Waals surface area (Å²) in [6.07, 6.45) is 5.91. The second-order valence-corrected chi connectivity index (χ2v) is 7.19. The summed E-state index contributed by atoms with van der Waals surface area (Å²) < 4.78 is 5.47. The molecule has 2 aliphatic rings. The Morgan fingerprint density at radius 1 is 1.16 bits per heavy atom. The van der Waals surface area contributed by atoms with Crippen molar-refractivity contribution in [3.8, 4) is 0 Å². The van der Waals surface area contributed by atoms with E-state index in [2.05, 4.69) is 28.9 Å². The van der Waals surface area contributed by atoms with Crippen LogP contribution in [0.2, 0.25) is 0 Å². The smallest absolute Gasteiger partial charge is 0.331 e. The van der Waals surface area contributed by atoms with Crippen molar-refractivity contribution in [3.63, 3.8) is 0 Å². The zero-order valence-electron chi connectivity index (χ0n) is 15.2. The number of benzene rings is 1. The average molecular weight is 361 g/mol. The molecule has 1 saturated heterocycles. The van der Waals surface area contributed by atoms with Gasteiger partial charge in [0.15, 0.2) is 11.2 Å². The molecule has 25 heavy (non-hydrogen) atoms. The van der Waals surface area contributed by atoms with Gasteiger partial charge in [-0.25, -0.2) is 4.79 Å². The van der Waals surface area contributed by atoms with Crippen LogP contribution in [0.3, 0.4) is 0 Å². The zero-order valence-corrected chi connectivity index (χ0v) is 16.0.